The van der Waals surface area contributed by atoms with E-state index in [0.29, 0.717) is 11.5 Å². The van der Waals surface area contributed by atoms with E-state index < -0.39 is 0 Å². The first-order valence-electron chi connectivity index (χ1n) is 8.26. The zero-order chi connectivity index (χ0) is 15.3. The Balaban J connectivity index is 2.24. The lowest BCUT2D eigenvalue weighted by molar-refractivity contribution is 0.195. The summed E-state index contributed by atoms with van der Waals surface area (Å²) in [6.45, 7) is 5.24. The summed E-state index contributed by atoms with van der Waals surface area (Å²) in [5, 5.41) is 3.58. The van der Waals surface area contributed by atoms with Gasteiger partial charge < -0.3 is 10.1 Å². The number of hydrogen-bond acceptors (Lipinski definition) is 2. The minimum atomic E-state index is 0.417. The third-order valence-corrected chi connectivity index (χ3v) is 5.58. The van der Waals surface area contributed by atoms with Gasteiger partial charge in [0.1, 0.15) is 5.75 Å². The Morgan fingerprint density at radius 1 is 1.29 bits per heavy atom. The third-order valence-electron chi connectivity index (χ3n) is 4.96. The molecule has 2 nitrogen and oxygen atoms in total. The molecule has 1 fully saturated rings. The molecule has 118 valence electrons. The van der Waals surface area contributed by atoms with Crippen molar-refractivity contribution in [2.45, 2.75) is 58.4 Å². The molecule has 0 spiro atoms. The summed E-state index contributed by atoms with van der Waals surface area (Å²) in [4.78, 5) is 0. The van der Waals surface area contributed by atoms with Crippen LogP contribution in [0.5, 0.6) is 5.75 Å². The van der Waals surface area contributed by atoms with E-state index in [2.05, 4.69) is 60.3 Å². The van der Waals surface area contributed by atoms with Crippen molar-refractivity contribution in [3.8, 4) is 5.75 Å². The van der Waals surface area contributed by atoms with E-state index in [4.69, 9.17) is 4.74 Å². The maximum atomic E-state index is 5.76. The standard InChI is InChI=1S/C18H28BrNO/c1-4-12-21-16-9-8-14(13-15(16)19)17(20-3)18(5-2)10-6-7-11-18/h8-9,13,17,20H,4-7,10-12H2,1-3H3. The molecule has 0 saturated heterocycles. The molecule has 0 amide bonds. The summed E-state index contributed by atoms with van der Waals surface area (Å²) in [6, 6.07) is 7.01. The average molecular weight is 354 g/mol. The zero-order valence-corrected chi connectivity index (χ0v) is 15.1. The van der Waals surface area contributed by atoms with Crippen LogP contribution in [0.25, 0.3) is 0 Å². The molecule has 1 aliphatic carbocycles. The highest BCUT2D eigenvalue weighted by Gasteiger charge is 2.39. The van der Waals surface area contributed by atoms with Gasteiger partial charge in [-0.15, -0.1) is 0 Å². The van der Waals surface area contributed by atoms with E-state index >= 15 is 0 Å². The van der Waals surface area contributed by atoms with Gasteiger partial charge in [0.15, 0.2) is 0 Å². The molecule has 1 aromatic carbocycles. The fourth-order valence-corrected chi connectivity index (χ4v) is 4.29. The molecule has 2 rings (SSSR count). The predicted molar refractivity (Wildman–Crippen MR) is 92.9 cm³/mol. The van der Waals surface area contributed by atoms with Gasteiger partial charge in [-0.1, -0.05) is 32.8 Å². The minimum absolute atomic E-state index is 0.417. The van der Waals surface area contributed by atoms with Crippen molar-refractivity contribution < 1.29 is 4.74 Å². The topological polar surface area (TPSA) is 21.3 Å². The van der Waals surface area contributed by atoms with Gasteiger partial charge in [-0.05, 0) is 71.8 Å². The summed E-state index contributed by atoms with van der Waals surface area (Å²) >= 11 is 3.67. The van der Waals surface area contributed by atoms with Crippen molar-refractivity contribution in [3.63, 3.8) is 0 Å². The van der Waals surface area contributed by atoms with Crippen molar-refractivity contribution in [2.24, 2.45) is 5.41 Å². The monoisotopic (exact) mass is 353 g/mol. The fraction of sp³-hybridized carbons (Fsp3) is 0.667. The summed E-state index contributed by atoms with van der Waals surface area (Å²) in [7, 11) is 2.09. The summed E-state index contributed by atoms with van der Waals surface area (Å²) < 4.78 is 6.83. The Morgan fingerprint density at radius 2 is 2.00 bits per heavy atom. The predicted octanol–water partition coefficient (Wildman–Crippen LogP) is 5.47. The quantitative estimate of drug-likeness (QED) is 0.701. The summed E-state index contributed by atoms with van der Waals surface area (Å²) in [5.74, 6) is 0.951. The Hall–Kier alpha value is -0.540. The number of halogens is 1. The first-order valence-corrected chi connectivity index (χ1v) is 9.05. The molecule has 0 bridgehead atoms. The lowest BCUT2D eigenvalue weighted by Crippen LogP contribution is -2.34. The SMILES string of the molecule is CCCOc1ccc(C(NC)C2(CC)CCCC2)cc1Br. The van der Waals surface area contributed by atoms with E-state index in [0.717, 1.165) is 23.2 Å². The van der Waals surface area contributed by atoms with E-state index in [1.165, 1.54) is 37.7 Å². The van der Waals surface area contributed by atoms with E-state index in [9.17, 15) is 0 Å². The highest BCUT2D eigenvalue weighted by Crippen LogP contribution is 2.50. The molecule has 1 N–H and O–H groups in total. The molecule has 3 heteroatoms. The Kier molecular flexibility index (Phi) is 6.12. The average Bonchev–Trinajstić information content (AvgIpc) is 2.97. The first kappa shape index (κ1) is 16.8. The second kappa shape index (κ2) is 7.64. The summed E-state index contributed by atoms with van der Waals surface area (Å²) in [6.07, 6.45) is 7.67. The van der Waals surface area contributed by atoms with Gasteiger partial charge in [-0.3, -0.25) is 0 Å². The third kappa shape index (κ3) is 3.62. The molecular formula is C18H28BrNO. The number of ether oxygens (including phenoxy) is 1. The molecule has 21 heavy (non-hydrogen) atoms. The van der Waals surface area contributed by atoms with Crippen LogP contribution < -0.4 is 10.1 Å². The van der Waals surface area contributed by atoms with Crippen molar-refractivity contribution in [3.05, 3.63) is 28.2 Å². The lowest BCUT2D eigenvalue weighted by atomic mass is 9.73. The van der Waals surface area contributed by atoms with Crippen molar-refractivity contribution in [1.82, 2.24) is 5.32 Å². The molecule has 0 aliphatic heterocycles. The molecule has 0 heterocycles. The van der Waals surface area contributed by atoms with E-state index in [1.807, 2.05) is 0 Å². The van der Waals surface area contributed by atoms with Crippen molar-refractivity contribution in [1.29, 1.82) is 0 Å². The molecule has 1 aromatic rings. The Morgan fingerprint density at radius 3 is 2.52 bits per heavy atom. The van der Waals surface area contributed by atoms with Crippen LogP contribution in [-0.2, 0) is 0 Å². The Labute approximate surface area is 137 Å². The molecule has 1 saturated carbocycles. The molecule has 1 aliphatic rings. The van der Waals surface area contributed by atoms with Gasteiger partial charge >= 0.3 is 0 Å². The lowest BCUT2D eigenvalue weighted by Gasteiger charge is -2.37. The van der Waals surface area contributed by atoms with Crippen LogP contribution >= 0.6 is 15.9 Å². The van der Waals surface area contributed by atoms with Gasteiger partial charge in [-0.2, -0.15) is 0 Å². The van der Waals surface area contributed by atoms with Crippen LogP contribution in [0.4, 0.5) is 0 Å². The Bertz CT molecular complexity index is 455. The molecule has 1 atom stereocenters. The largest absolute Gasteiger partial charge is 0.492 e. The van der Waals surface area contributed by atoms with Crippen LogP contribution in [-0.4, -0.2) is 13.7 Å². The highest BCUT2D eigenvalue weighted by atomic mass is 79.9. The number of benzene rings is 1. The zero-order valence-electron chi connectivity index (χ0n) is 13.5. The highest BCUT2D eigenvalue weighted by molar-refractivity contribution is 9.10. The van der Waals surface area contributed by atoms with Crippen LogP contribution in [0.1, 0.15) is 64.0 Å². The molecular weight excluding hydrogens is 326 g/mol. The number of rotatable bonds is 7. The van der Waals surface area contributed by atoms with E-state index in [-0.39, 0.29) is 0 Å². The maximum Gasteiger partial charge on any atom is 0.133 e. The van der Waals surface area contributed by atoms with Gasteiger partial charge in [0, 0.05) is 6.04 Å². The number of hydrogen-bond donors (Lipinski definition) is 1. The smallest absolute Gasteiger partial charge is 0.133 e. The van der Waals surface area contributed by atoms with Crippen LogP contribution in [0, 0.1) is 5.41 Å². The van der Waals surface area contributed by atoms with Gasteiger partial charge in [0.2, 0.25) is 0 Å². The van der Waals surface area contributed by atoms with Crippen LogP contribution in [0.15, 0.2) is 22.7 Å². The molecule has 0 radical (unpaired) electrons. The maximum absolute atomic E-state index is 5.76. The van der Waals surface area contributed by atoms with Gasteiger partial charge in [-0.25, -0.2) is 0 Å². The van der Waals surface area contributed by atoms with E-state index in [1.54, 1.807) is 0 Å². The fourth-order valence-electron chi connectivity index (χ4n) is 3.78. The van der Waals surface area contributed by atoms with Gasteiger partial charge in [0.05, 0.1) is 11.1 Å². The van der Waals surface area contributed by atoms with Gasteiger partial charge in [0.25, 0.3) is 0 Å². The molecule has 1 unspecified atom stereocenters. The van der Waals surface area contributed by atoms with Crippen LogP contribution in [0.3, 0.4) is 0 Å². The second-order valence-electron chi connectivity index (χ2n) is 6.18. The summed E-state index contributed by atoms with van der Waals surface area (Å²) in [5.41, 5.74) is 1.79. The van der Waals surface area contributed by atoms with Crippen molar-refractivity contribution >= 4 is 15.9 Å². The second-order valence-corrected chi connectivity index (χ2v) is 7.04. The first-order chi connectivity index (χ1) is 10.2. The van der Waals surface area contributed by atoms with Crippen molar-refractivity contribution in [2.75, 3.05) is 13.7 Å². The minimum Gasteiger partial charge on any atom is -0.492 e. The normalized spacial score (nSPS) is 18.7. The number of nitrogens with one attached hydrogen (secondary N) is 1. The van der Waals surface area contributed by atoms with Crippen LogP contribution in [0.2, 0.25) is 0 Å². The molecule has 0 aromatic heterocycles.